The van der Waals surface area contributed by atoms with Crippen LogP contribution in [0.15, 0.2) is 18.2 Å². The van der Waals surface area contributed by atoms with Crippen molar-refractivity contribution in [2.75, 3.05) is 12.4 Å². The third-order valence-electron chi connectivity index (χ3n) is 2.88. The number of nitrogens with one attached hydrogen (secondary N) is 2. The third-order valence-corrected chi connectivity index (χ3v) is 2.88. The Morgan fingerprint density at radius 1 is 1.19 bits per heavy atom. The van der Waals surface area contributed by atoms with E-state index in [1.807, 2.05) is 26.0 Å². The minimum Gasteiger partial charge on any atom is -0.461 e. The average Bonchev–Trinajstić information content (AvgIpc) is 2.43. The van der Waals surface area contributed by atoms with Crippen molar-refractivity contribution in [1.82, 2.24) is 5.32 Å². The summed E-state index contributed by atoms with van der Waals surface area (Å²) in [5.74, 6) is -0.657. The summed E-state index contributed by atoms with van der Waals surface area (Å²) in [6.07, 6.45) is 0. The molecule has 0 radical (unpaired) electrons. The molecule has 1 aromatic carbocycles. The summed E-state index contributed by atoms with van der Waals surface area (Å²) in [5.41, 5.74) is 2.07. The molecule has 0 aliphatic rings. The third kappa shape index (κ3) is 5.10. The van der Waals surface area contributed by atoms with Crippen LogP contribution in [-0.4, -0.2) is 25.0 Å². The fourth-order valence-corrected chi connectivity index (χ4v) is 1.79. The van der Waals surface area contributed by atoms with Crippen molar-refractivity contribution in [3.8, 4) is 0 Å². The van der Waals surface area contributed by atoms with Crippen LogP contribution in [0.4, 0.5) is 5.69 Å². The van der Waals surface area contributed by atoms with Gasteiger partial charge in [0.15, 0.2) is 0 Å². The SMILES string of the molecule is CNC(=O)c1cc(NC(C)C)ccc1COC(=O)C(C)C. The van der Waals surface area contributed by atoms with Crippen molar-refractivity contribution < 1.29 is 14.3 Å². The largest absolute Gasteiger partial charge is 0.461 e. The van der Waals surface area contributed by atoms with E-state index in [-0.39, 0.29) is 30.4 Å². The van der Waals surface area contributed by atoms with Crippen LogP contribution in [0, 0.1) is 5.92 Å². The fraction of sp³-hybridized carbons (Fsp3) is 0.500. The molecule has 0 aliphatic heterocycles. The molecular weight excluding hydrogens is 268 g/mol. The molecule has 0 aromatic heterocycles. The molecule has 21 heavy (non-hydrogen) atoms. The smallest absolute Gasteiger partial charge is 0.308 e. The molecule has 0 spiro atoms. The van der Waals surface area contributed by atoms with Crippen LogP contribution < -0.4 is 10.6 Å². The lowest BCUT2D eigenvalue weighted by Gasteiger charge is -2.15. The summed E-state index contributed by atoms with van der Waals surface area (Å²) < 4.78 is 5.21. The predicted octanol–water partition coefficient (Wildman–Crippen LogP) is 2.57. The maximum atomic E-state index is 12.0. The summed E-state index contributed by atoms with van der Waals surface area (Å²) in [4.78, 5) is 23.5. The molecule has 5 heteroatoms. The van der Waals surface area contributed by atoms with E-state index in [0.29, 0.717) is 11.1 Å². The second-order valence-electron chi connectivity index (χ2n) is 5.51. The number of esters is 1. The maximum absolute atomic E-state index is 12.0. The average molecular weight is 292 g/mol. The van der Waals surface area contributed by atoms with Gasteiger partial charge in [-0.2, -0.15) is 0 Å². The molecule has 2 N–H and O–H groups in total. The monoisotopic (exact) mass is 292 g/mol. The molecule has 1 aromatic rings. The molecule has 5 nitrogen and oxygen atoms in total. The van der Waals surface area contributed by atoms with Gasteiger partial charge in [-0.25, -0.2) is 0 Å². The molecule has 0 fully saturated rings. The highest BCUT2D eigenvalue weighted by Gasteiger charge is 2.14. The molecular formula is C16H24N2O3. The van der Waals surface area contributed by atoms with E-state index >= 15 is 0 Å². The summed E-state index contributed by atoms with van der Waals surface area (Å²) in [5, 5.41) is 5.85. The van der Waals surface area contributed by atoms with Crippen LogP contribution in [0.25, 0.3) is 0 Å². The van der Waals surface area contributed by atoms with E-state index in [2.05, 4.69) is 10.6 Å². The summed E-state index contributed by atoms with van der Waals surface area (Å²) in [6.45, 7) is 7.70. The van der Waals surface area contributed by atoms with E-state index in [0.717, 1.165) is 5.69 Å². The van der Waals surface area contributed by atoms with E-state index in [9.17, 15) is 9.59 Å². The van der Waals surface area contributed by atoms with Gasteiger partial charge in [-0.1, -0.05) is 19.9 Å². The second-order valence-corrected chi connectivity index (χ2v) is 5.51. The van der Waals surface area contributed by atoms with Crippen LogP contribution in [0.1, 0.15) is 43.6 Å². The number of hydrogen-bond acceptors (Lipinski definition) is 4. The summed E-state index contributed by atoms with van der Waals surface area (Å²) in [6, 6.07) is 5.73. The molecule has 0 bridgehead atoms. The maximum Gasteiger partial charge on any atom is 0.308 e. The number of benzene rings is 1. The van der Waals surface area contributed by atoms with Gasteiger partial charge in [0.2, 0.25) is 0 Å². The number of rotatable bonds is 6. The van der Waals surface area contributed by atoms with Gasteiger partial charge in [0.25, 0.3) is 5.91 Å². The molecule has 0 unspecified atom stereocenters. The lowest BCUT2D eigenvalue weighted by Crippen LogP contribution is -2.21. The zero-order valence-electron chi connectivity index (χ0n) is 13.3. The van der Waals surface area contributed by atoms with Crippen LogP contribution in [0.5, 0.6) is 0 Å². The van der Waals surface area contributed by atoms with Gasteiger partial charge in [0.05, 0.1) is 5.92 Å². The number of ether oxygens (including phenoxy) is 1. The zero-order valence-corrected chi connectivity index (χ0v) is 13.3. The topological polar surface area (TPSA) is 67.4 Å². The molecule has 0 saturated carbocycles. The molecule has 116 valence electrons. The molecule has 1 rings (SSSR count). The number of carbonyl (C=O) groups excluding carboxylic acids is 2. The minimum absolute atomic E-state index is 0.0989. The van der Waals surface area contributed by atoms with Gasteiger partial charge in [0.1, 0.15) is 6.61 Å². The number of amides is 1. The number of carbonyl (C=O) groups is 2. The van der Waals surface area contributed by atoms with Gasteiger partial charge in [0, 0.05) is 29.9 Å². The molecule has 0 heterocycles. The van der Waals surface area contributed by atoms with Gasteiger partial charge >= 0.3 is 5.97 Å². The Kier molecular flexibility index (Phi) is 6.21. The van der Waals surface area contributed by atoms with E-state index in [4.69, 9.17) is 4.74 Å². The van der Waals surface area contributed by atoms with Crippen molar-refractivity contribution in [2.24, 2.45) is 5.92 Å². The van der Waals surface area contributed by atoms with Crippen LogP contribution in [0.2, 0.25) is 0 Å². The first kappa shape index (κ1) is 17.0. The van der Waals surface area contributed by atoms with Gasteiger partial charge in [-0.05, 0) is 26.0 Å². The first-order valence-corrected chi connectivity index (χ1v) is 7.13. The van der Waals surface area contributed by atoms with E-state index in [1.54, 1.807) is 27.0 Å². The zero-order chi connectivity index (χ0) is 16.0. The van der Waals surface area contributed by atoms with Crippen molar-refractivity contribution in [3.05, 3.63) is 29.3 Å². The summed E-state index contributed by atoms with van der Waals surface area (Å²) in [7, 11) is 1.58. The molecule has 0 aliphatic carbocycles. The minimum atomic E-state index is -0.276. The first-order valence-electron chi connectivity index (χ1n) is 7.13. The normalized spacial score (nSPS) is 10.6. The Labute approximate surface area is 126 Å². The Morgan fingerprint density at radius 3 is 2.38 bits per heavy atom. The highest BCUT2D eigenvalue weighted by Crippen LogP contribution is 2.18. The molecule has 0 saturated heterocycles. The van der Waals surface area contributed by atoms with Gasteiger partial charge in [-0.15, -0.1) is 0 Å². The first-order chi connectivity index (χ1) is 9.85. The Hall–Kier alpha value is -2.04. The molecule has 1 amide bonds. The Bertz CT molecular complexity index is 510. The highest BCUT2D eigenvalue weighted by atomic mass is 16.5. The Morgan fingerprint density at radius 2 is 1.86 bits per heavy atom. The number of hydrogen-bond donors (Lipinski definition) is 2. The van der Waals surface area contributed by atoms with Gasteiger partial charge < -0.3 is 15.4 Å². The lowest BCUT2D eigenvalue weighted by molar-refractivity contribution is -0.148. The van der Waals surface area contributed by atoms with Crippen molar-refractivity contribution in [2.45, 2.75) is 40.3 Å². The van der Waals surface area contributed by atoms with Crippen molar-refractivity contribution >= 4 is 17.6 Å². The quantitative estimate of drug-likeness (QED) is 0.791. The van der Waals surface area contributed by atoms with Crippen LogP contribution in [0.3, 0.4) is 0 Å². The highest BCUT2D eigenvalue weighted by molar-refractivity contribution is 5.96. The predicted molar refractivity (Wildman–Crippen MR) is 83.2 cm³/mol. The second kappa shape index (κ2) is 7.67. The Balaban J connectivity index is 2.96. The van der Waals surface area contributed by atoms with Crippen LogP contribution >= 0.6 is 0 Å². The van der Waals surface area contributed by atoms with Crippen molar-refractivity contribution in [1.29, 1.82) is 0 Å². The van der Waals surface area contributed by atoms with E-state index < -0.39 is 0 Å². The lowest BCUT2D eigenvalue weighted by atomic mass is 10.1. The fourth-order valence-electron chi connectivity index (χ4n) is 1.79. The van der Waals surface area contributed by atoms with Gasteiger partial charge in [-0.3, -0.25) is 9.59 Å². The number of anilines is 1. The standard InChI is InChI=1S/C16H24N2O3/c1-10(2)16(20)21-9-12-6-7-13(18-11(3)4)8-14(12)15(19)17-5/h6-8,10-11,18H,9H2,1-5H3,(H,17,19). The van der Waals surface area contributed by atoms with E-state index in [1.165, 1.54) is 0 Å². The summed E-state index contributed by atoms with van der Waals surface area (Å²) >= 11 is 0. The molecule has 0 atom stereocenters. The van der Waals surface area contributed by atoms with Crippen LogP contribution in [-0.2, 0) is 16.1 Å². The van der Waals surface area contributed by atoms with Crippen molar-refractivity contribution in [3.63, 3.8) is 0 Å².